The summed E-state index contributed by atoms with van der Waals surface area (Å²) in [5.74, 6) is 0.622. The topological polar surface area (TPSA) is 81.8 Å². The molecule has 2 heterocycles. The zero-order valence-corrected chi connectivity index (χ0v) is 19.4. The maximum absolute atomic E-state index is 12.4. The van der Waals surface area contributed by atoms with E-state index in [2.05, 4.69) is 27.8 Å². The lowest BCUT2D eigenvalue weighted by Crippen LogP contribution is -2.42. The van der Waals surface area contributed by atoms with Gasteiger partial charge in [-0.3, -0.25) is 4.79 Å². The Balaban J connectivity index is 1.24. The standard InChI is InChI=1S/C25H34N4O2S/c26-13-5-1-2-8-25(31)28-14-11-21(12-15-28)27-22-10-9-19-17-29(18-20(19)16-22)32-24-7-4-3-6-23(24)30/h3-4,6-7,9-10,16,21,27,30H,1-2,5,8,11-15,17-18,26H2. The van der Waals surface area contributed by atoms with Gasteiger partial charge in [0.1, 0.15) is 5.75 Å². The minimum atomic E-state index is 0.292. The van der Waals surface area contributed by atoms with Crippen molar-refractivity contribution in [1.29, 1.82) is 0 Å². The van der Waals surface area contributed by atoms with Gasteiger partial charge < -0.3 is 21.1 Å². The van der Waals surface area contributed by atoms with E-state index in [4.69, 9.17) is 5.73 Å². The fourth-order valence-electron chi connectivity index (χ4n) is 4.46. The van der Waals surface area contributed by atoms with Crippen molar-refractivity contribution in [3.8, 4) is 5.75 Å². The third-order valence-corrected chi connectivity index (χ3v) is 7.36. The van der Waals surface area contributed by atoms with Gasteiger partial charge >= 0.3 is 0 Å². The number of nitrogens with one attached hydrogen (secondary N) is 1. The van der Waals surface area contributed by atoms with Crippen LogP contribution in [-0.4, -0.2) is 45.9 Å². The van der Waals surface area contributed by atoms with Crippen LogP contribution in [0.15, 0.2) is 47.4 Å². The van der Waals surface area contributed by atoms with Gasteiger partial charge in [0.05, 0.1) is 4.90 Å². The average molecular weight is 455 g/mol. The van der Waals surface area contributed by atoms with Crippen LogP contribution in [0.2, 0.25) is 0 Å². The Labute approximate surface area is 195 Å². The summed E-state index contributed by atoms with van der Waals surface area (Å²) < 4.78 is 2.28. The molecule has 4 rings (SSSR count). The van der Waals surface area contributed by atoms with Crippen LogP contribution in [0.1, 0.15) is 49.7 Å². The minimum absolute atomic E-state index is 0.292. The molecule has 0 radical (unpaired) electrons. The SMILES string of the molecule is NCCCCCC(=O)N1CCC(Nc2ccc3c(c2)CN(Sc2ccccc2O)C3)CC1. The molecule has 2 aromatic rings. The zero-order chi connectivity index (χ0) is 22.3. The van der Waals surface area contributed by atoms with Gasteiger partial charge in [-0.15, -0.1) is 0 Å². The smallest absolute Gasteiger partial charge is 0.222 e. The number of unbranched alkanes of at least 4 members (excludes halogenated alkanes) is 2. The number of phenols is 1. The molecular weight excluding hydrogens is 420 g/mol. The van der Waals surface area contributed by atoms with E-state index in [0.717, 1.165) is 68.9 Å². The fraction of sp³-hybridized carbons (Fsp3) is 0.480. The van der Waals surface area contributed by atoms with Gasteiger partial charge in [-0.05, 0) is 79.6 Å². The summed E-state index contributed by atoms with van der Waals surface area (Å²) in [7, 11) is 0. The number of fused-ring (bicyclic) bond motifs is 1. The number of hydrogen-bond acceptors (Lipinski definition) is 6. The molecular formula is C25H34N4O2S. The molecule has 6 nitrogen and oxygen atoms in total. The number of amides is 1. The molecule has 172 valence electrons. The first-order valence-corrected chi connectivity index (χ1v) is 12.5. The number of nitrogens with zero attached hydrogens (tertiary/aromatic N) is 2. The van der Waals surface area contributed by atoms with Crippen LogP contribution in [0, 0.1) is 0 Å². The summed E-state index contributed by atoms with van der Waals surface area (Å²) in [6.45, 7) is 4.12. The van der Waals surface area contributed by atoms with Gasteiger partial charge in [0.25, 0.3) is 0 Å². The van der Waals surface area contributed by atoms with E-state index in [1.807, 2.05) is 23.1 Å². The summed E-state index contributed by atoms with van der Waals surface area (Å²) >= 11 is 1.61. The van der Waals surface area contributed by atoms with Crippen LogP contribution < -0.4 is 11.1 Å². The predicted molar refractivity (Wildman–Crippen MR) is 130 cm³/mol. The first-order chi connectivity index (χ1) is 15.6. The van der Waals surface area contributed by atoms with Gasteiger partial charge in [0.2, 0.25) is 5.91 Å². The normalized spacial score (nSPS) is 16.8. The Morgan fingerprint density at radius 1 is 1.06 bits per heavy atom. The molecule has 2 aliphatic rings. The fourth-order valence-corrected chi connectivity index (χ4v) is 5.44. The number of carbonyl (C=O) groups is 1. The molecule has 32 heavy (non-hydrogen) atoms. The molecule has 0 saturated carbocycles. The van der Waals surface area contributed by atoms with Crippen molar-refractivity contribution < 1.29 is 9.90 Å². The highest BCUT2D eigenvalue weighted by molar-refractivity contribution is 7.97. The van der Waals surface area contributed by atoms with Crippen molar-refractivity contribution in [3.63, 3.8) is 0 Å². The van der Waals surface area contributed by atoms with Gasteiger partial charge in [-0.25, -0.2) is 4.31 Å². The predicted octanol–water partition coefficient (Wildman–Crippen LogP) is 4.34. The Bertz CT molecular complexity index is 915. The number of hydrogen-bond donors (Lipinski definition) is 3. The van der Waals surface area contributed by atoms with Crippen molar-refractivity contribution in [2.24, 2.45) is 5.73 Å². The molecule has 0 atom stereocenters. The Kier molecular flexibility index (Phi) is 7.95. The van der Waals surface area contributed by atoms with Crippen molar-refractivity contribution in [3.05, 3.63) is 53.6 Å². The molecule has 0 bridgehead atoms. The van der Waals surface area contributed by atoms with E-state index >= 15 is 0 Å². The molecule has 2 aliphatic heterocycles. The number of piperidine rings is 1. The van der Waals surface area contributed by atoms with Crippen LogP contribution >= 0.6 is 11.9 Å². The molecule has 0 unspecified atom stereocenters. The van der Waals surface area contributed by atoms with Gasteiger partial charge in [-0.2, -0.15) is 0 Å². The molecule has 0 aromatic heterocycles. The van der Waals surface area contributed by atoms with Crippen LogP contribution in [-0.2, 0) is 17.9 Å². The lowest BCUT2D eigenvalue weighted by Gasteiger charge is -2.33. The average Bonchev–Trinajstić information content (AvgIpc) is 3.20. The molecule has 2 aromatic carbocycles. The second-order valence-corrected chi connectivity index (χ2v) is 9.88. The van der Waals surface area contributed by atoms with Crippen LogP contribution in [0.25, 0.3) is 0 Å². The maximum Gasteiger partial charge on any atom is 0.222 e. The Morgan fingerprint density at radius 2 is 1.84 bits per heavy atom. The summed E-state index contributed by atoms with van der Waals surface area (Å²) in [6, 6.07) is 14.5. The molecule has 0 spiro atoms. The van der Waals surface area contributed by atoms with E-state index in [9.17, 15) is 9.90 Å². The first kappa shape index (κ1) is 23.0. The second-order valence-electron chi connectivity index (χ2n) is 8.74. The zero-order valence-electron chi connectivity index (χ0n) is 18.6. The first-order valence-electron chi connectivity index (χ1n) is 11.7. The van der Waals surface area contributed by atoms with E-state index in [-0.39, 0.29) is 0 Å². The van der Waals surface area contributed by atoms with Crippen molar-refractivity contribution in [2.75, 3.05) is 25.0 Å². The number of benzene rings is 2. The summed E-state index contributed by atoms with van der Waals surface area (Å²) in [6.07, 6.45) is 5.62. The van der Waals surface area contributed by atoms with Crippen molar-refractivity contribution >= 4 is 23.5 Å². The van der Waals surface area contributed by atoms with Crippen LogP contribution in [0.3, 0.4) is 0 Å². The molecule has 7 heteroatoms. The van der Waals surface area contributed by atoms with E-state index < -0.39 is 0 Å². The number of para-hydroxylation sites is 1. The molecule has 0 aliphatic carbocycles. The molecule has 1 fully saturated rings. The lowest BCUT2D eigenvalue weighted by atomic mass is 10.0. The Morgan fingerprint density at radius 3 is 2.62 bits per heavy atom. The highest BCUT2D eigenvalue weighted by Gasteiger charge is 2.24. The number of aromatic hydroxyl groups is 1. The van der Waals surface area contributed by atoms with Gasteiger partial charge in [-0.1, -0.05) is 24.6 Å². The van der Waals surface area contributed by atoms with E-state index in [0.29, 0.717) is 30.7 Å². The number of anilines is 1. The third kappa shape index (κ3) is 5.97. The van der Waals surface area contributed by atoms with Crippen molar-refractivity contribution in [1.82, 2.24) is 9.21 Å². The minimum Gasteiger partial charge on any atom is -0.507 e. The Hall–Kier alpha value is -2.22. The third-order valence-electron chi connectivity index (χ3n) is 6.31. The monoisotopic (exact) mass is 454 g/mol. The number of likely N-dealkylation sites (tertiary alicyclic amines) is 1. The van der Waals surface area contributed by atoms with Gasteiger partial charge in [0, 0.05) is 44.3 Å². The lowest BCUT2D eigenvalue weighted by molar-refractivity contribution is -0.132. The highest BCUT2D eigenvalue weighted by Crippen LogP contribution is 2.37. The summed E-state index contributed by atoms with van der Waals surface area (Å²) in [5.41, 5.74) is 9.36. The molecule has 1 amide bonds. The van der Waals surface area contributed by atoms with Crippen LogP contribution in [0.4, 0.5) is 5.69 Å². The maximum atomic E-state index is 12.4. The number of phenolic OH excluding ortho intramolecular Hbond substituents is 1. The quantitative estimate of drug-likeness (QED) is 0.386. The largest absolute Gasteiger partial charge is 0.507 e. The summed E-state index contributed by atoms with van der Waals surface area (Å²) in [5, 5.41) is 13.7. The van der Waals surface area contributed by atoms with E-state index in [1.54, 1.807) is 18.0 Å². The summed E-state index contributed by atoms with van der Waals surface area (Å²) in [4.78, 5) is 15.3. The van der Waals surface area contributed by atoms with Gasteiger partial charge in [0.15, 0.2) is 0 Å². The van der Waals surface area contributed by atoms with E-state index in [1.165, 1.54) is 11.1 Å². The number of nitrogens with two attached hydrogens (primary N) is 1. The highest BCUT2D eigenvalue weighted by atomic mass is 32.2. The number of rotatable bonds is 9. The molecule has 4 N–H and O–H groups in total. The molecule has 1 saturated heterocycles. The van der Waals surface area contributed by atoms with Crippen molar-refractivity contribution in [2.45, 2.75) is 62.6 Å². The number of carbonyl (C=O) groups excluding carboxylic acids is 1. The second kappa shape index (κ2) is 11.1. The van der Waals surface area contributed by atoms with Crippen LogP contribution in [0.5, 0.6) is 5.75 Å².